The SMILES string of the molecule is N#Cc1c(C(F)(F)F)cc(-c2ccccc2)n(Cc2cccc(C(F)(F)F)c2)c1=O. The summed E-state index contributed by atoms with van der Waals surface area (Å²) >= 11 is 0. The van der Waals surface area contributed by atoms with Crippen LogP contribution in [0.4, 0.5) is 26.3 Å². The van der Waals surface area contributed by atoms with Gasteiger partial charge in [0, 0.05) is 0 Å². The van der Waals surface area contributed by atoms with E-state index in [4.69, 9.17) is 5.26 Å². The molecule has 0 aliphatic carbocycles. The minimum atomic E-state index is -4.96. The lowest BCUT2D eigenvalue weighted by Crippen LogP contribution is -2.28. The Hall–Kier alpha value is -3.54. The van der Waals surface area contributed by atoms with E-state index in [-0.39, 0.29) is 16.8 Å². The summed E-state index contributed by atoms with van der Waals surface area (Å²) in [5.41, 5.74) is -4.57. The Morgan fingerprint density at radius 3 is 2.10 bits per heavy atom. The predicted octanol–water partition coefficient (Wildman–Crippen LogP) is 5.47. The van der Waals surface area contributed by atoms with Crippen molar-refractivity contribution in [2.24, 2.45) is 0 Å². The van der Waals surface area contributed by atoms with E-state index in [2.05, 4.69) is 0 Å². The zero-order valence-corrected chi connectivity index (χ0v) is 15.1. The Morgan fingerprint density at radius 1 is 0.867 bits per heavy atom. The first-order chi connectivity index (χ1) is 14.0. The summed E-state index contributed by atoms with van der Waals surface area (Å²) in [5.74, 6) is 0. The van der Waals surface area contributed by atoms with Crippen LogP contribution in [-0.2, 0) is 18.9 Å². The van der Waals surface area contributed by atoms with Crippen LogP contribution in [0.3, 0.4) is 0 Å². The quantitative estimate of drug-likeness (QED) is 0.526. The van der Waals surface area contributed by atoms with Gasteiger partial charge in [0.1, 0.15) is 11.6 Å². The van der Waals surface area contributed by atoms with Gasteiger partial charge in [0.25, 0.3) is 5.56 Å². The van der Waals surface area contributed by atoms with E-state index in [0.717, 1.165) is 22.8 Å². The third kappa shape index (κ3) is 4.22. The standard InChI is InChI=1S/C21H12F6N2O/c22-20(23,24)15-8-4-5-13(9-15)12-29-18(14-6-2-1-3-7-14)10-17(21(25,26)27)16(11-28)19(29)30/h1-10H,12H2. The molecule has 0 N–H and O–H groups in total. The number of halogens is 6. The Morgan fingerprint density at radius 2 is 1.53 bits per heavy atom. The molecule has 0 saturated carbocycles. The average molecular weight is 422 g/mol. The number of benzene rings is 2. The van der Waals surface area contributed by atoms with Gasteiger partial charge in [0.2, 0.25) is 0 Å². The van der Waals surface area contributed by atoms with E-state index in [1.807, 2.05) is 0 Å². The summed E-state index contributed by atoms with van der Waals surface area (Å²) in [4.78, 5) is 12.8. The van der Waals surface area contributed by atoms with Crippen molar-refractivity contribution >= 4 is 0 Å². The number of nitrogens with zero attached hydrogens (tertiary/aromatic N) is 2. The van der Waals surface area contributed by atoms with E-state index in [1.54, 1.807) is 18.2 Å². The van der Waals surface area contributed by atoms with Gasteiger partial charge in [-0.1, -0.05) is 42.5 Å². The monoisotopic (exact) mass is 422 g/mol. The van der Waals surface area contributed by atoms with Crippen molar-refractivity contribution in [1.82, 2.24) is 4.57 Å². The lowest BCUT2D eigenvalue weighted by Gasteiger charge is -2.18. The second-order valence-electron chi connectivity index (χ2n) is 6.38. The maximum Gasteiger partial charge on any atom is 0.417 e. The highest BCUT2D eigenvalue weighted by Gasteiger charge is 2.36. The highest BCUT2D eigenvalue weighted by atomic mass is 19.4. The molecule has 2 aromatic carbocycles. The summed E-state index contributed by atoms with van der Waals surface area (Å²) in [7, 11) is 0. The van der Waals surface area contributed by atoms with Crippen LogP contribution in [0, 0.1) is 11.3 Å². The summed E-state index contributed by atoms with van der Waals surface area (Å²) in [5, 5.41) is 9.15. The van der Waals surface area contributed by atoms with Gasteiger partial charge >= 0.3 is 12.4 Å². The fourth-order valence-corrected chi connectivity index (χ4v) is 3.01. The fraction of sp³-hybridized carbons (Fsp3) is 0.143. The summed E-state index contributed by atoms with van der Waals surface area (Å²) in [6.07, 6.45) is -9.58. The second-order valence-corrected chi connectivity index (χ2v) is 6.38. The first-order valence-electron chi connectivity index (χ1n) is 8.49. The molecule has 0 radical (unpaired) electrons. The van der Waals surface area contributed by atoms with Crippen molar-refractivity contribution in [3.63, 3.8) is 0 Å². The van der Waals surface area contributed by atoms with Gasteiger partial charge in [0.15, 0.2) is 0 Å². The highest BCUT2D eigenvalue weighted by Crippen LogP contribution is 2.34. The number of nitriles is 1. The molecule has 0 aliphatic heterocycles. The van der Waals surface area contributed by atoms with Crippen LogP contribution in [0.5, 0.6) is 0 Å². The predicted molar refractivity (Wildman–Crippen MR) is 96.4 cm³/mol. The van der Waals surface area contributed by atoms with E-state index < -0.39 is 41.1 Å². The molecule has 0 amide bonds. The number of alkyl halides is 6. The van der Waals surface area contributed by atoms with Gasteiger partial charge in [-0.25, -0.2) is 0 Å². The summed E-state index contributed by atoms with van der Waals surface area (Å²) in [6.45, 7) is -0.445. The Labute approximate surface area is 166 Å². The molecular weight excluding hydrogens is 410 g/mol. The number of hydrogen-bond donors (Lipinski definition) is 0. The molecule has 0 fully saturated rings. The van der Waals surface area contributed by atoms with Crippen molar-refractivity contribution in [1.29, 1.82) is 5.26 Å². The zero-order valence-electron chi connectivity index (χ0n) is 15.1. The molecule has 0 unspecified atom stereocenters. The molecule has 9 heteroatoms. The summed E-state index contributed by atoms with van der Waals surface area (Å²) < 4.78 is 80.2. The van der Waals surface area contributed by atoms with E-state index >= 15 is 0 Å². The number of aromatic nitrogens is 1. The van der Waals surface area contributed by atoms with Crippen LogP contribution in [0.1, 0.15) is 22.3 Å². The molecule has 30 heavy (non-hydrogen) atoms. The number of pyridine rings is 1. The molecule has 3 aromatic rings. The molecule has 154 valence electrons. The lowest BCUT2D eigenvalue weighted by atomic mass is 10.0. The van der Waals surface area contributed by atoms with E-state index in [9.17, 15) is 31.1 Å². The maximum absolute atomic E-state index is 13.4. The van der Waals surface area contributed by atoms with Gasteiger partial charge in [-0.15, -0.1) is 0 Å². The minimum Gasteiger partial charge on any atom is -0.303 e. The Kier molecular flexibility index (Phi) is 5.44. The van der Waals surface area contributed by atoms with Gasteiger partial charge < -0.3 is 4.57 Å². The molecule has 0 bridgehead atoms. The lowest BCUT2D eigenvalue weighted by molar-refractivity contribution is -0.138. The van der Waals surface area contributed by atoms with Crippen molar-refractivity contribution in [3.8, 4) is 17.3 Å². The van der Waals surface area contributed by atoms with Gasteiger partial charge in [0.05, 0.1) is 23.4 Å². The fourth-order valence-electron chi connectivity index (χ4n) is 3.01. The third-order valence-corrected chi connectivity index (χ3v) is 4.38. The zero-order chi connectivity index (χ0) is 22.1. The van der Waals surface area contributed by atoms with Gasteiger partial charge in [-0.05, 0) is 29.3 Å². The normalized spacial score (nSPS) is 11.9. The van der Waals surface area contributed by atoms with Crippen molar-refractivity contribution in [2.75, 3.05) is 0 Å². The average Bonchev–Trinajstić information content (AvgIpc) is 2.68. The van der Waals surface area contributed by atoms with Crippen LogP contribution in [0.25, 0.3) is 11.3 Å². The van der Waals surface area contributed by atoms with Crippen LogP contribution in [0.2, 0.25) is 0 Å². The van der Waals surface area contributed by atoms with E-state index in [1.165, 1.54) is 24.3 Å². The largest absolute Gasteiger partial charge is 0.417 e. The van der Waals surface area contributed by atoms with Crippen LogP contribution in [-0.4, -0.2) is 4.57 Å². The number of hydrogen-bond acceptors (Lipinski definition) is 2. The van der Waals surface area contributed by atoms with Crippen molar-refractivity contribution in [2.45, 2.75) is 18.9 Å². The van der Waals surface area contributed by atoms with Crippen molar-refractivity contribution in [3.05, 3.63) is 93.3 Å². The minimum absolute atomic E-state index is 0.0488. The van der Waals surface area contributed by atoms with E-state index in [0.29, 0.717) is 6.07 Å². The third-order valence-electron chi connectivity index (χ3n) is 4.38. The maximum atomic E-state index is 13.4. The molecule has 0 saturated heterocycles. The van der Waals surface area contributed by atoms with Crippen LogP contribution >= 0.6 is 0 Å². The number of rotatable bonds is 3. The first-order valence-corrected chi connectivity index (χ1v) is 8.49. The molecule has 3 rings (SSSR count). The smallest absolute Gasteiger partial charge is 0.303 e. The van der Waals surface area contributed by atoms with Gasteiger partial charge in [-0.2, -0.15) is 31.6 Å². The Bertz CT molecular complexity index is 1170. The first kappa shape index (κ1) is 21.2. The summed E-state index contributed by atoms with van der Waals surface area (Å²) in [6, 6.07) is 13.7. The highest BCUT2D eigenvalue weighted by molar-refractivity contribution is 5.62. The molecule has 1 aromatic heterocycles. The molecular formula is C21H12F6N2O. The second kappa shape index (κ2) is 7.71. The molecule has 1 heterocycles. The van der Waals surface area contributed by atoms with Crippen LogP contribution < -0.4 is 5.56 Å². The van der Waals surface area contributed by atoms with Crippen molar-refractivity contribution < 1.29 is 26.3 Å². The topological polar surface area (TPSA) is 45.8 Å². The molecule has 3 nitrogen and oxygen atoms in total. The van der Waals surface area contributed by atoms with Crippen LogP contribution in [0.15, 0.2) is 65.5 Å². The molecule has 0 aliphatic rings. The molecule has 0 atom stereocenters. The Balaban J connectivity index is 2.26. The molecule has 0 spiro atoms. The van der Waals surface area contributed by atoms with Gasteiger partial charge in [-0.3, -0.25) is 4.79 Å².